The van der Waals surface area contributed by atoms with E-state index in [0.29, 0.717) is 25.3 Å². The van der Waals surface area contributed by atoms with Gasteiger partial charge in [0, 0.05) is 12.1 Å². The van der Waals surface area contributed by atoms with E-state index >= 15 is 0 Å². The van der Waals surface area contributed by atoms with Gasteiger partial charge in [0.25, 0.3) is 5.91 Å². The molecular formula is C33H53N5O5. The van der Waals surface area contributed by atoms with E-state index in [2.05, 4.69) is 48.9 Å². The molecule has 4 fully saturated rings. The maximum Gasteiger partial charge on any atom is 0.315 e. The highest BCUT2D eigenvalue weighted by atomic mass is 16.2. The SMILES string of the molecule is CC(C)/C=C/C1C[C@@H](C(=O)NC(CC2CC2)C(=O)C(N)=O)N(C(=O)[C@@H](NC(=O)NC2(C)CCCCC2)C2CCCCC2)C1. The first-order valence-corrected chi connectivity index (χ1v) is 16.7. The van der Waals surface area contributed by atoms with E-state index in [1.54, 1.807) is 4.90 Å². The zero-order valence-electron chi connectivity index (χ0n) is 26.4. The summed E-state index contributed by atoms with van der Waals surface area (Å²) in [5.41, 5.74) is 5.02. The molecule has 10 heteroatoms. The number of carbonyl (C=O) groups is 5. The van der Waals surface area contributed by atoms with Crippen molar-refractivity contribution in [1.29, 1.82) is 0 Å². The van der Waals surface area contributed by atoms with Gasteiger partial charge in [-0.05, 0) is 69.1 Å². The third kappa shape index (κ3) is 9.29. The lowest BCUT2D eigenvalue weighted by atomic mass is 9.82. The van der Waals surface area contributed by atoms with E-state index in [-0.39, 0.29) is 35.2 Å². The molecule has 240 valence electrons. The van der Waals surface area contributed by atoms with Crippen LogP contribution in [0.2, 0.25) is 0 Å². The van der Waals surface area contributed by atoms with Crippen LogP contribution in [0, 0.1) is 23.7 Å². The summed E-state index contributed by atoms with van der Waals surface area (Å²) in [6.07, 6.45) is 16.7. The monoisotopic (exact) mass is 599 g/mol. The zero-order chi connectivity index (χ0) is 31.1. The maximum absolute atomic E-state index is 14.4. The van der Waals surface area contributed by atoms with Crippen LogP contribution in [0.1, 0.15) is 111 Å². The first kappa shape index (κ1) is 33.0. The van der Waals surface area contributed by atoms with Gasteiger partial charge in [0.15, 0.2) is 0 Å². The van der Waals surface area contributed by atoms with Gasteiger partial charge in [0.05, 0.1) is 6.04 Å². The molecule has 0 radical (unpaired) electrons. The first-order chi connectivity index (χ1) is 20.5. The quantitative estimate of drug-likeness (QED) is 0.199. The third-order valence-electron chi connectivity index (χ3n) is 9.88. The van der Waals surface area contributed by atoms with E-state index in [4.69, 9.17) is 5.73 Å². The molecule has 0 aromatic rings. The largest absolute Gasteiger partial charge is 0.363 e. The van der Waals surface area contributed by atoms with E-state index in [9.17, 15) is 24.0 Å². The minimum absolute atomic E-state index is 0.0146. The van der Waals surface area contributed by atoms with Crippen LogP contribution in [0.15, 0.2) is 12.2 Å². The molecule has 0 bridgehead atoms. The number of amides is 5. The number of allylic oxidation sites excluding steroid dienone is 1. The fourth-order valence-corrected chi connectivity index (χ4v) is 7.17. The van der Waals surface area contributed by atoms with Crippen LogP contribution >= 0.6 is 0 Å². The highest BCUT2D eigenvalue weighted by Gasteiger charge is 2.45. The van der Waals surface area contributed by atoms with E-state index in [0.717, 1.165) is 70.6 Å². The second kappa shape index (κ2) is 14.7. The van der Waals surface area contributed by atoms with E-state index < -0.39 is 35.7 Å². The first-order valence-electron chi connectivity index (χ1n) is 16.7. The summed E-state index contributed by atoms with van der Waals surface area (Å²) in [6.45, 7) is 6.57. The van der Waals surface area contributed by atoms with Gasteiger partial charge < -0.3 is 26.6 Å². The lowest BCUT2D eigenvalue weighted by Crippen LogP contribution is -2.60. The number of likely N-dealkylation sites (tertiary alicyclic amines) is 1. The Morgan fingerprint density at radius 2 is 1.58 bits per heavy atom. The van der Waals surface area contributed by atoms with Crippen LogP contribution in [-0.4, -0.2) is 64.6 Å². The van der Waals surface area contributed by atoms with Gasteiger partial charge in [0.1, 0.15) is 12.1 Å². The molecule has 3 aliphatic carbocycles. The van der Waals surface area contributed by atoms with Crippen molar-refractivity contribution >= 4 is 29.5 Å². The van der Waals surface area contributed by atoms with Gasteiger partial charge in [-0.1, -0.05) is 77.4 Å². The van der Waals surface area contributed by atoms with Crippen LogP contribution in [-0.2, 0) is 19.2 Å². The minimum atomic E-state index is -1.07. The van der Waals surface area contributed by atoms with Gasteiger partial charge in [-0.25, -0.2) is 4.79 Å². The Morgan fingerprint density at radius 1 is 0.930 bits per heavy atom. The van der Waals surface area contributed by atoms with Crippen LogP contribution in [0.3, 0.4) is 0 Å². The summed E-state index contributed by atoms with van der Waals surface area (Å²) in [7, 11) is 0. The number of carbonyl (C=O) groups excluding carboxylic acids is 5. The second-order valence-electron chi connectivity index (χ2n) is 14.2. The topological polar surface area (TPSA) is 151 Å². The molecule has 4 atom stereocenters. The molecule has 43 heavy (non-hydrogen) atoms. The highest BCUT2D eigenvalue weighted by Crippen LogP contribution is 2.35. The zero-order valence-corrected chi connectivity index (χ0v) is 26.4. The molecule has 1 aliphatic heterocycles. The number of urea groups is 1. The summed E-state index contributed by atoms with van der Waals surface area (Å²) in [4.78, 5) is 67.5. The number of nitrogens with zero attached hydrogens (tertiary/aromatic N) is 1. The average molecular weight is 600 g/mol. The molecule has 5 amide bonds. The second-order valence-corrected chi connectivity index (χ2v) is 14.2. The summed E-state index contributed by atoms with van der Waals surface area (Å²) < 4.78 is 0. The summed E-state index contributed by atoms with van der Waals surface area (Å²) >= 11 is 0. The summed E-state index contributed by atoms with van der Waals surface area (Å²) in [5.74, 6) is -2.04. The Hall–Kier alpha value is -2.91. The summed E-state index contributed by atoms with van der Waals surface area (Å²) in [6, 6.07) is -2.89. The lowest BCUT2D eigenvalue weighted by Gasteiger charge is -2.37. The van der Waals surface area contributed by atoms with Crippen molar-refractivity contribution in [3.05, 3.63) is 12.2 Å². The predicted octanol–water partition coefficient (Wildman–Crippen LogP) is 3.73. The predicted molar refractivity (Wildman–Crippen MR) is 165 cm³/mol. The van der Waals surface area contributed by atoms with Gasteiger partial charge in [0.2, 0.25) is 17.6 Å². The van der Waals surface area contributed by atoms with Crippen molar-refractivity contribution in [3.8, 4) is 0 Å². The van der Waals surface area contributed by atoms with E-state index in [1.165, 1.54) is 6.42 Å². The standard InChI is InChI=1S/C33H53N5O5/c1-21(2)12-13-23-19-26(30(41)35-25(18-22-14-15-22)28(39)29(34)40)38(20-23)31(42)27(24-10-6-4-7-11-24)36-32(43)37-33(3)16-8-5-9-17-33/h12-13,21-27H,4-11,14-20H2,1-3H3,(H2,34,40)(H,35,41)(H2,36,37,43)/b13-12+/t23?,25?,26-,27-/m0/s1. The lowest BCUT2D eigenvalue weighted by molar-refractivity contribution is -0.143. The smallest absolute Gasteiger partial charge is 0.315 e. The van der Waals surface area contributed by atoms with Crippen LogP contribution in [0.25, 0.3) is 0 Å². The number of nitrogens with one attached hydrogen (secondary N) is 3. The highest BCUT2D eigenvalue weighted by molar-refractivity contribution is 6.37. The molecule has 10 nitrogen and oxygen atoms in total. The third-order valence-corrected chi connectivity index (χ3v) is 9.88. The van der Waals surface area contributed by atoms with Crippen LogP contribution in [0.5, 0.6) is 0 Å². The van der Waals surface area contributed by atoms with Gasteiger partial charge >= 0.3 is 6.03 Å². The molecule has 0 spiro atoms. The van der Waals surface area contributed by atoms with E-state index in [1.807, 2.05) is 0 Å². The van der Waals surface area contributed by atoms with Gasteiger partial charge in [-0.3, -0.25) is 19.2 Å². The minimum Gasteiger partial charge on any atom is -0.363 e. The Kier molecular flexibility index (Phi) is 11.3. The number of rotatable bonds is 12. The maximum atomic E-state index is 14.4. The number of hydrogen-bond donors (Lipinski definition) is 4. The molecule has 0 aromatic heterocycles. The number of nitrogens with two attached hydrogens (primary N) is 1. The molecule has 1 saturated heterocycles. The molecular weight excluding hydrogens is 546 g/mol. The molecule has 3 saturated carbocycles. The average Bonchev–Trinajstić information content (AvgIpc) is 3.69. The molecule has 2 unspecified atom stereocenters. The fraction of sp³-hybridized carbons (Fsp3) is 0.788. The Bertz CT molecular complexity index is 1060. The number of primary amides is 1. The Balaban J connectivity index is 1.55. The molecule has 5 N–H and O–H groups in total. The van der Waals surface area contributed by atoms with Crippen molar-refractivity contribution in [3.63, 3.8) is 0 Å². The van der Waals surface area contributed by atoms with Gasteiger partial charge in [-0.15, -0.1) is 0 Å². The van der Waals surface area contributed by atoms with Crippen LogP contribution in [0.4, 0.5) is 4.79 Å². The van der Waals surface area contributed by atoms with Crippen molar-refractivity contribution < 1.29 is 24.0 Å². The molecule has 0 aromatic carbocycles. The molecule has 4 aliphatic rings. The van der Waals surface area contributed by atoms with Crippen molar-refractivity contribution in [1.82, 2.24) is 20.9 Å². The Labute approximate surface area is 256 Å². The van der Waals surface area contributed by atoms with Crippen molar-refractivity contribution in [2.24, 2.45) is 29.4 Å². The summed E-state index contributed by atoms with van der Waals surface area (Å²) in [5, 5.41) is 9.02. The van der Waals surface area contributed by atoms with Crippen LogP contribution < -0.4 is 21.7 Å². The van der Waals surface area contributed by atoms with Crippen molar-refractivity contribution in [2.45, 2.75) is 134 Å². The Morgan fingerprint density at radius 3 is 2.19 bits per heavy atom. The van der Waals surface area contributed by atoms with Gasteiger partial charge in [-0.2, -0.15) is 0 Å². The van der Waals surface area contributed by atoms with Crippen molar-refractivity contribution in [2.75, 3.05) is 6.54 Å². The number of ketones is 1. The normalized spacial score (nSPS) is 25.7. The number of Topliss-reactive ketones (excluding diaryl/α,β-unsaturated/α-hetero) is 1. The number of hydrogen-bond acceptors (Lipinski definition) is 5. The fourth-order valence-electron chi connectivity index (χ4n) is 7.17. The molecule has 4 rings (SSSR count). The molecule has 1 heterocycles.